The molecule has 0 bridgehead atoms. The zero-order valence-electron chi connectivity index (χ0n) is 14.7. The van der Waals surface area contributed by atoms with Gasteiger partial charge in [-0.1, -0.05) is 15.9 Å². The zero-order chi connectivity index (χ0) is 19.2. The standard InChI is InChI=1S/C20H18BrFN2O3/c1-26-16-5-2-13(3-6-16)18-12-24-20(27-18)9-8-19(25)23-11-14-10-15(21)4-7-17(14)22/h2-7,10,12H,8-9,11H2,1H3,(H,23,25). The Morgan fingerprint density at radius 3 is 2.78 bits per heavy atom. The first-order chi connectivity index (χ1) is 13.0. The predicted molar refractivity (Wildman–Crippen MR) is 103 cm³/mol. The molecule has 140 valence electrons. The van der Waals surface area contributed by atoms with Crippen molar-refractivity contribution in [1.29, 1.82) is 0 Å². The molecule has 0 spiro atoms. The minimum atomic E-state index is -0.352. The third-order valence-corrected chi connectivity index (χ3v) is 4.47. The molecule has 3 aromatic rings. The Hall–Kier alpha value is -2.67. The number of hydrogen-bond acceptors (Lipinski definition) is 4. The fourth-order valence-electron chi connectivity index (χ4n) is 2.50. The van der Waals surface area contributed by atoms with Gasteiger partial charge in [0.2, 0.25) is 5.91 Å². The van der Waals surface area contributed by atoms with Crippen molar-refractivity contribution < 1.29 is 18.3 Å². The lowest BCUT2D eigenvalue weighted by Gasteiger charge is -2.06. The average Bonchev–Trinajstić information content (AvgIpc) is 3.16. The molecule has 1 N–H and O–H groups in total. The molecule has 0 aliphatic rings. The molecule has 0 atom stereocenters. The van der Waals surface area contributed by atoms with E-state index in [1.54, 1.807) is 25.4 Å². The number of methoxy groups -OCH3 is 1. The van der Waals surface area contributed by atoms with Crippen molar-refractivity contribution in [1.82, 2.24) is 10.3 Å². The van der Waals surface area contributed by atoms with Gasteiger partial charge in [-0.3, -0.25) is 4.79 Å². The van der Waals surface area contributed by atoms with Gasteiger partial charge >= 0.3 is 0 Å². The highest BCUT2D eigenvalue weighted by Crippen LogP contribution is 2.23. The number of amides is 1. The second-order valence-electron chi connectivity index (χ2n) is 5.86. The summed E-state index contributed by atoms with van der Waals surface area (Å²) in [4.78, 5) is 16.2. The van der Waals surface area contributed by atoms with Gasteiger partial charge in [-0.15, -0.1) is 0 Å². The smallest absolute Gasteiger partial charge is 0.220 e. The number of carbonyl (C=O) groups excluding carboxylic acids is 1. The summed E-state index contributed by atoms with van der Waals surface area (Å²) in [5.41, 5.74) is 1.31. The lowest BCUT2D eigenvalue weighted by atomic mass is 10.2. The van der Waals surface area contributed by atoms with Crippen molar-refractivity contribution in [3.8, 4) is 17.1 Å². The highest BCUT2D eigenvalue weighted by atomic mass is 79.9. The van der Waals surface area contributed by atoms with E-state index >= 15 is 0 Å². The number of nitrogens with zero attached hydrogens (tertiary/aromatic N) is 1. The van der Waals surface area contributed by atoms with Gasteiger partial charge in [-0.05, 0) is 42.5 Å². The molecule has 7 heteroatoms. The predicted octanol–water partition coefficient (Wildman–Crippen LogP) is 4.50. The van der Waals surface area contributed by atoms with E-state index in [1.165, 1.54) is 6.07 Å². The van der Waals surface area contributed by atoms with Crippen LogP contribution in [0, 0.1) is 5.82 Å². The van der Waals surface area contributed by atoms with E-state index < -0.39 is 0 Å². The van der Waals surface area contributed by atoms with Crippen LogP contribution in [0.2, 0.25) is 0 Å². The third kappa shape index (κ3) is 5.17. The van der Waals surface area contributed by atoms with Gasteiger partial charge in [0.15, 0.2) is 11.7 Å². The van der Waals surface area contributed by atoms with E-state index in [2.05, 4.69) is 26.2 Å². The van der Waals surface area contributed by atoms with E-state index in [-0.39, 0.29) is 24.7 Å². The maximum atomic E-state index is 13.7. The van der Waals surface area contributed by atoms with Crippen LogP contribution < -0.4 is 10.1 Å². The van der Waals surface area contributed by atoms with Crippen LogP contribution in [0.4, 0.5) is 4.39 Å². The highest BCUT2D eigenvalue weighted by molar-refractivity contribution is 9.10. The van der Waals surface area contributed by atoms with Crippen LogP contribution in [-0.2, 0) is 17.8 Å². The van der Waals surface area contributed by atoms with Crippen molar-refractivity contribution in [2.75, 3.05) is 7.11 Å². The van der Waals surface area contributed by atoms with Crippen molar-refractivity contribution in [2.24, 2.45) is 0 Å². The molecule has 5 nitrogen and oxygen atoms in total. The summed E-state index contributed by atoms with van der Waals surface area (Å²) in [6.45, 7) is 0.132. The molecule has 0 saturated carbocycles. The van der Waals surface area contributed by atoms with Crippen molar-refractivity contribution in [2.45, 2.75) is 19.4 Å². The minimum Gasteiger partial charge on any atom is -0.497 e. The molecule has 1 heterocycles. The molecule has 0 fully saturated rings. The lowest BCUT2D eigenvalue weighted by molar-refractivity contribution is -0.121. The van der Waals surface area contributed by atoms with Gasteiger partial charge in [-0.25, -0.2) is 9.37 Å². The minimum absolute atomic E-state index is 0.132. The van der Waals surface area contributed by atoms with Crippen LogP contribution in [0.15, 0.2) is 57.6 Å². The van der Waals surface area contributed by atoms with Gasteiger partial charge < -0.3 is 14.5 Å². The van der Waals surface area contributed by atoms with E-state index in [9.17, 15) is 9.18 Å². The molecule has 2 aromatic carbocycles. The Bertz CT molecular complexity index is 925. The Morgan fingerprint density at radius 2 is 2.04 bits per heavy atom. The van der Waals surface area contributed by atoms with Crippen molar-refractivity contribution in [3.05, 3.63) is 70.4 Å². The van der Waals surface area contributed by atoms with Gasteiger partial charge in [0.05, 0.1) is 13.3 Å². The van der Waals surface area contributed by atoms with E-state index in [4.69, 9.17) is 9.15 Å². The molecular weight excluding hydrogens is 415 g/mol. The number of benzene rings is 2. The lowest BCUT2D eigenvalue weighted by Crippen LogP contribution is -2.23. The van der Waals surface area contributed by atoms with Gasteiger partial charge in [0.1, 0.15) is 11.6 Å². The largest absolute Gasteiger partial charge is 0.497 e. The first kappa shape index (κ1) is 19.1. The summed E-state index contributed by atoms with van der Waals surface area (Å²) < 4.78 is 25.3. The number of aryl methyl sites for hydroxylation is 1. The molecule has 0 unspecified atom stereocenters. The Kier molecular flexibility index (Phi) is 6.24. The number of halogens is 2. The van der Waals surface area contributed by atoms with Gasteiger partial charge in [-0.2, -0.15) is 0 Å². The molecule has 1 amide bonds. The van der Waals surface area contributed by atoms with Crippen LogP contribution in [0.25, 0.3) is 11.3 Å². The van der Waals surface area contributed by atoms with Crippen LogP contribution in [0.5, 0.6) is 5.75 Å². The van der Waals surface area contributed by atoms with Crippen molar-refractivity contribution in [3.63, 3.8) is 0 Å². The summed E-state index contributed by atoms with van der Waals surface area (Å²) in [7, 11) is 1.61. The van der Waals surface area contributed by atoms with Gasteiger partial charge in [0, 0.05) is 35.0 Å². The molecule has 0 saturated heterocycles. The quantitative estimate of drug-likeness (QED) is 0.596. The molecule has 0 radical (unpaired) electrons. The second kappa shape index (κ2) is 8.81. The number of hydrogen-bond donors (Lipinski definition) is 1. The van der Waals surface area contributed by atoms with Crippen LogP contribution in [0.3, 0.4) is 0 Å². The first-order valence-electron chi connectivity index (χ1n) is 8.35. The van der Waals surface area contributed by atoms with Gasteiger partial charge in [0.25, 0.3) is 0 Å². The summed E-state index contributed by atoms with van der Waals surface area (Å²) >= 11 is 3.29. The molecule has 27 heavy (non-hydrogen) atoms. The molecule has 3 rings (SSSR count). The zero-order valence-corrected chi connectivity index (χ0v) is 16.3. The molecular formula is C20H18BrFN2O3. The first-order valence-corrected chi connectivity index (χ1v) is 9.14. The average molecular weight is 433 g/mol. The monoisotopic (exact) mass is 432 g/mol. The van der Waals surface area contributed by atoms with Crippen LogP contribution in [-0.4, -0.2) is 18.0 Å². The fraction of sp³-hybridized carbons (Fsp3) is 0.200. The SMILES string of the molecule is COc1ccc(-c2cnc(CCC(=O)NCc3cc(Br)ccc3F)o2)cc1. The fourth-order valence-corrected chi connectivity index (χ4v) is 2.90. The number of rotatable bonds is 7. The highest BCUT2D eigenvalue weighted by Gasteiger charge is 2.10. The van der Waals surface area contributed by atoms with Crippen LogP contribution in [0.1, 0.15) is 17.9 Å². The number of nitrogens with one attached hydrogen (secondary N) is 1. The summed E-state index contributed by atoms with van der Waals surface area (Å²) in [6.07, 6.45) is 2.20. The molecule has 0 aliphatic carbocycles. The normalized spacial score (nSPS) is 10.6. The number of oxazole rings is 1. The van der Waals surface area contributed by atoms with Crippen molar-refractivity contribution >= 4 is 21.8 Å². The van der Waals surface area contributed by atoms with E-state index in [0.717, 1.165) is 15.8 Å². The van der Waals surface area contributed by atoms with Crippen LogP contribution >= 0.6 is 15.9 Å². The third-order valence-electron chi connectivity index (χ3n) is 3.98. The summed E-state index contributed by atoms with van der Waals surface area (Å²) in [5, 5.41) is 2.71. The molecule has 1 aromatic heterocycles. The summed E-state index contributed by atoms with van der Waals surface area (Å²) in [6, 6.07) is 12.1. The summed E-state index contributed by atoms with van der Waals surface area (Å²) in [5.74, 6) is 1.32. The van der Waals surface area contributed by atoms with E-state index in [1.807, 2.05) is 24.3 Å². The Labute approximate surface area is 164 Å². The Balaban J connectivity index is 1.51. The Morgan fingerprint density at radius 1 is 1.26 bits per heavy atom. The second-order valence-corrected chi connectivity index (χ2v) is 6.77. The maximum absolute atomic E-state index is 13.7. The number of aromatic nitrogens is 1. The number of ether oxygens (including phenoxy) is 1. The molecule has 0 aliphatic heterocycles. The van der Waals surface area contributed by atoms with E-state index in [0.29, 0.717) is 23.6 Å². The number of carbonyl (C=O) groups is 1. The topological polar surface area (TPSA) is 64.4 Å². The maximum Gasteiger partial charge on any atom is 0.220 e.